The maximum atomic E-state index is 11.7. The first kappa shape index (κ1) is 17.4. The Kier molecular flexibility index (Phi) is 11.2. The molecular weight excluding hydrogens is 224 g/mol. The van der Waals surface area contributed by atoms with Crippen molar-refractivity contribution >= 4 is 5.91 Å². The molecule has 1 atom stereocenters. The molecule has 18 heavy (non-hydrogen) atoms. The normalized spacial score (nSPS) is 12.7. The Hall–Kier alpha value is -0.570. The summed E-state index contributed by atoms with van der Waals surface area (Å²) in [6, 6.07) is 0.335. The minimum absolute atomic E-state index is 0.133. The van der Waals surface area contributed by atoms with Gasteiger partial charge in [0.15, 0.2) is 0 Å². The van der Waals surface area contributed by atoms with Crippen LogP contribution in [-0.2, 0) is 4.79 Å². The molecule has 0 aromatic rings. The summed E-state index contributed by atoms with van der Waals surface area (Å²) in [5.41, 5.74) is 0. The molecule has 1 unspecified atom stereocenters. The molecule has 0 bridgehead atoms. The van der Waals surface area contributed by atoms with Gasteiger partial charge in [0, 0.05) is 6.04 Å². The number of carbonyl (C=O) groups is 1. The van der Waals surface area contributed by atoms with E-state index in [0.29, 0.717) is 18.5 Å². The Bertz CT molecular complexity index is 203. The second-order valence-electron chi connectivity index (χ2n) is 5.13. The molecule has 0 fully saturated rings. The first-order chi connectivity index (χ1) is 8.67. The molecule has 0 saturated carbocycles. The van der Waals surface area contributed by atoms with Crippen molar-refractivity contribution in [3.8, 4) is 0 Å². The van der Waals surface area contributed by atoms with Crippen LogP contribution in [-0.4, -0.2) is 25.0 Å². The number of nitrogens with one attached hydrogen (secondary N) is 2. The summed E-state index contributed by atoms with van der Waals surface area (Å²) >= 11 is 0. The van der Waals surface area contributed by atoms with Gasteiger partial charge in [0.1, 0.15) is 0 Å². The zero-order valence-corrected chi connectivity index (χ0v) is 12.7. The van der Waals surface area contributed by atoms with E-state index in [-0.39, 0.29) is 5.91 Å². The molecular formula is C15H32N2O. The Morgan fingerprint density at radius 1 is 1.06 bits per heavy atom. The largest absolute Gasteiger partial charge is 0.352 e. The van der Waals surface area contributed by atoms with Crippen molar-refractivity contribution in [2.45, 2.75) is 72.3 Å². The number of carbonyl (C=O) groups excluding carboxylic acids is 1. The second-order valence-corrected chi connectivity index (χ2v) is 5.13. The van der Waals surface area contributed by atoms with Crippen LogP contribution in [0.25, 0.3) is 0 Å². The van der Waals surface area contributed by atoms with Crippen LogP contribution in [0.15, 0.2) is 0 Å². The number of rotatable bonds is 11. The van der Waals surface area contributed by atoms with E-state index in [9.17, 15) is 4.79 Å². The molecule has 0 radical (unpaired) electrons. The molecule has 0 aliphatic carbocycles. The molecule has 0 rings (SSSR count). The van der Waals surface area contributed by atoms with Gasteiger partial charge >= 0.3 is 0 Å². The van der Waals surface area contributed by atoms with Gasteiger partial charge in [-0.2, -0.15) is 0 Å². The molecule has 3 heteroatoms. The van der Waals surface area contributed by atoms with E-state index in [2.05, 4.69) is 38.3 Å². The van der Waals surface area contributed by atoms with Gasteiger partial charge in [0.05, 0.1) is 6.54 Å². The standard InChI is InChI=1S/C15H32N2O/c1-5-9-10-13(6-2)11-16-12-15(18)17-14(7-3)8-4/h13-14,16H,5-12H2,1-4H3,(H,17,18). The van der Waals surface area contributed by atoms with Crippen molar-refractivity contribution in [3.05, 3.63) is 0 Å². The topological polar surface area (TPSA) is 41.1 Å². The van der Waals surface area contributed by atoms with Gasteiger partial charge in [-0.3, -0.25) is 4.79 Å². The number of amides is 1. The lowest BCUT2D eigenvalue weighted by Gasteiger charge is -2.17. The molecule has 0 spiro atoms. The van der Waals surface area contributed by atoms with E-state index in [0.717, 1.165) is 19.4 Å². The Morgan fingerprint density at radius 3 is 2.22 bits per heavy atom. The maximum absolute atomic E-state index is 11.7. The summed E-state index contributed by atoms with van der Waals surface area (Å²) in [5.74, 6) is 0.847. The Morgan fingerprint density at radius 2 is 1.72 bits per heavy atom. The minimum atomic E-state index is 0.133. The fraction of sp³-hybridized carbons (Fsp3) is 0.933. The van der Waals surface area contributed by atoms with Gasteiger partial charge < -0.3 is 10.6 Å². The Balaban J connectivity index is 3.71. The van der Waals surface area contributed by atoms with E-state index in [1.54, 1.807) is 0 Å². The lowest BCUT2D eigenvalue weighted by atomic mass is 9.99. The lowest BCUT2D eigenvalue weighted by Crippen LogP contribution is -2.40. The van der Waals surface area contributed by atoms with Gasteiger partial charge in [-0.1, -0.05) is 47.0 Å². The van der Waals surface area contributed by atoms with Crippen LogP contribution >= 0.6 is 0 Å². The van der Waals surface area contributed by atoms with Crippen LogP contribution in [0, 0.1) is 5.92 Å². The van der Waals surface area contributed by atoms with Crippen LogP contribution in [0.4, 0.5) is 0 Å². The van der Waals surface area contributed by atoms with Gasteiger partial charge in [-0.15, -0.1) is 0 Å². The van der Waals surface area contributed by atoms with Gasteiger partial charge in [0.2, 0.25) is 5.91 Å². The smallest absolute Gasteiger partial charge is 0.234 e. The monoisotopic (exact) mass is 256 g/mol. The third kappa shape index (κ3) is 8.51. The summed E-state index contributed by atoms with van der Waals surface area (Å²) in [7, 11) is 0. The van der Waals surface area contributed by atoms with Crippen LogP contribution < -0.4 is 10.6 Å². The lowest BCUT2D eigenvalue weighted by molar-refractivity contribution is -0.121. The number of unbranched alkanes of at least 4 members (excludes halogenated alkanes) is 1. The van der Waals surface area contributed by atoms with Crippen LogP contribution in [0.1, 0.15) is 66.2 Å². The summed E-state index contributed by atoms with van der Waals surface area (Å²) in [6.45, 7) is 10.1. The predicted molar refractivity (Wildman–Crippen MR) is 78.7 cm³/mol. The van der Waals surface area contributed by atoms with E-state index in [1.165, 1.54) is 25.7 Å². The van der Waals surface area contributed by atoms with Gasteiger partial charge in [-0.25, -0.2) is 0 Å². The summed E-state index contributed by atoms with van der Waals surface area (Å²) < 4.78 is 0. The molecule has 0 aromatic carbocycles. The highest BCUT2D eigenvalue weighted by molar-refractivity contribution is 5.78. The SMILES string of the molecule is CCCCC(CC)CNCC(=O)NC(CC)CC. The summed E-state index contributed by atoms with van der Waals surface area (Å²) in [4.78, 5) is 11.7. The van der Waals surface area contributed by atoms with E-state index in [1.807, 2.05) is 0 Å². The second kappa shape index (κ2) is 11.5. The molecule has 0 heterocycles. The minimum Gasteiger partial charge on any atom is -0.352 e. The third-order valence-electron chi connectivity index (χ3n) is 3.61. The van der Waals surface area contributed by atoms with Crippen molar-refractivity contribution in [1.82, 2.24) is 10.6 Å². The molecule has 2 N–H and O–H groups in total. The van der Waals surface area contributed by atoms with E-state index >= 15 is 0 Å². The van der Waals surface area contributed by atoms with E-state index in [4.69, 9.17) is 0 Å². The highest BCUT2D eigenvalue weighted by atomic mass is 16.1. The van der Waals surface area contributed by atoms with Crippen molar-refractivity contribution in [3.63, 3.8) is 0 Å². The van der Waals surface area contributed by atoms with Crippen LogP contribution in [0.5, 0.6) is 0 Å². The maximum Gasteiger partial charge on any atom is 0.234 e. The summed E-state index contributed by atoms with van der Waals surface area (Å²) in [6.07, 6.45) is 7.04. The van der Waals surface area contributed by atoms with Crippen LogP contribution in [0.2, 0.25) is 0 Å². The third-order valence-corrected chi connectivity index (χ3v) is 3.61. The zero-order valence-electron chi connectivity index (χ0n) is 12.7. The summed E-state index contributed by atoms with van der Waals surface area (Å²) in [5, 5.41) is 6.34. The van der Waals surface area contributed by atoms with Crippen LogP contribution in [0.3, 0.4) is 0 Å². The first-order valence-corrected chi connectivity index (χ1v) is 7.67. The fourth-order valence-corrected chi connectivity index (χ4v) is 2.10. The highest BCUT2D eigenvalue weighted by Crippen LogP contribution is 2.10. The predicted octanol–water partition coefficient (Wildman–Crippen LogP) is 3.10. The Labute approximate surface area is 113 Å². The molecule has 108 valence electrons. The quantitative estimate of drug-likeness (QED) is 0.596. The molecule has 0 aliphatic rings. The highest BCUT2D eigenvalue weighted by Gasteiger charge is 2.09. The zero-order chi connectivity index (χ0) is 13.8. The molecule has 0 aliphatic heterocycles. The van der Waals surface area contributed by atoms with Crippen molar-refractivity contribution in [2.24, 2.45) is 5.92 Å². The molecule has 0 saturated heterocycles. The first-order valence-electron chi connectivity index (χ1n) is 7.67. The molecule has 3 nitrogen and oxygen atoms in total. The number of hydrogen-bond donors (Lipinski definition) is 2. The van der Waals surface area contributed by atoms with Gasteiger partial charge in [0.25, 0.3) is 0 Å². The average Bonchev–Trinajstić information content (AvgIpc) is 2.39. The van der Waals surface area contributed by atoms with Crippen molar-refractivity contribution in [1.29, 1.82) is 0 Å². The number of hydrogen-bond acceptors (Lipinski definition) is 2. The molecule has 0 aromatic heterocycles. The molecule has 1 amide bonds. The fourth-order valence-electron chi connectivity index (χ4n) is 2.10. The average molecular weight is 256 g/mol. The van der Waals surface area contributed by atoms with Crippen molar-refractivity contribution < 1.29 is 4.79 Å². The van der Waals surface area contributed by atoms with Crippen molar-refractivity contribution in [2.75, 3.05) is 13.1 Å². The van der Waals surface area contributed by atoms with E-state index < -0.39 is 0 Å². The van der Waals surface area contributed by atoms with Gasteiger partial charge in [-0.05, 0) is 31.7 Å².